The van der Waals surface area contributed by atoms with E-state index in [9.17, 15) is 4.79 Å². The molecule has 0 saturated carbocycles. The highest BCUT2D eigenvalue weighted by Crippen LogP contribution is 2.06. The highest BCUT2D eigenvalue weighted by molar-refractivity contribution is 5.98. The fourth-order valence-corrected chi connectivity index (χ4v) is 0.949. The molecular formula is C9H13N3O. The highest BCUT2D eigenvalue weighted by Gasteiger charge is 2.09. The number of nitrogens with zero attached hydrogens (tertiary/aromatic N) is 1. The molecular weight excluding hydrogens is 166 g/mol. The largest absolute Gasteiger partial charge is 0.383 e. The standard InChI is InChI=1S/C9H13N3O/c1-6(2)12-9(13)7-4-3-5-11-8(7)10/h3-6H,1-2H3,(H2,10,11)(H,12,13). The SMILES string of the molecule is CC(C)NC(=O)c1cccnc1N. The fourth-order valence-electron chi connectivity index (χ4n) is 0.949. The Morgan fingerprint density at radius 3 is 2.85 bits per heavy atom. The van der Waals surface area contributed by atoms with Crippen LogP contribution in [0.4, 0.5) is 5.82 Å². The first-order valence-corrected chi connectivity index (χ1v) is 4.12. The van der Waals surface area contributed by atoms with Crippen LogP contribution < -0.4 is 11.1 Å². The normalized spacial score (nSPS) is 10.1. The van der Waals surface area contributed by atoms with Crippen molar-refractivity contribution in [2.75, 3.05) is 5.73 Å². The molecule has 0 aromatic carbocycles. The third-order valence-corrected chi connectivity index (χ3v) is 1.50. The zero-order valence-electron chi connectivity index (χ0n) is 7.74. The Bertz CT molecular complexity index is 309. The van der Waals surface area contributed by atoms with Gasteiger partial charge in [0, 0.05) is 12.2 Å². The number of nitrogens with two attached hydrogens (primary N) is 1. The molecule has 0 spiro atoms. The van der Waals surface area contributed by atoms with Crippen LogP contribution in [0.1, 0.15) is 24.2 Å². The third kappa shape index (κ3) is 2.43. The van der Waals surface area contributed by atoms with Crippen molar-refractivity contribution in [1.82, 2.24) is 10.3 Å². The van der Waals surface area contributed by atoms with Crippen molar-refractivity contribution >= 4 is 11.7 Å². The van der Waals surface area contributed by atoms with Crippen LogP contribution >= 0.6 is 0 Å². The van der Waals surface area contributed by atoms with Crippen molar-refractivity contribution in [2.45, 2.75) is 19.9 Å². The molecule has 1 aromatic rings. The van der Waals surface area contributed by atoms with E-state index in [1.54, 1.807) is 18.3 Å². The monoisotopic (exact) mass is 179 g/mol. The smallest absolute Gasteiger partial charge is 0.255 e. The molecule has 4 heteroatoms. The highest BCUT2D eigenvalue weighted by atomic mass is 16.1. The number of rotatable bonds is 2. The van der Waals surface area contributed by atoms with Crippen LogP contribution in [0.15, 0.2) is 18.3 Å². The van der Waals surface area contributed by atoms with Gasteiger partial charge in [-0.15, -0.1) is 0 Å². The number of hydrogen-bond donors (Lipinski definition) is 2. The fraction of sp³-hybridized carbons (Fsp3) is 0.333. The summed E-state index contributed by atoms with van der Waals surface area (Å²) in [6, 6.07) is 3.44. The summed E-state index contributed by atoms with van der Waals surface area (Å²) in [5.41, 5.74) is 5.95. The second-order valence-corrected chi connectivity index (χ2v) is 3.06. The molecule has 1 heterocycles. The van der Waals surface area contributed by atoms with Gasteiger partial charge in [-0.1, -0.05) is 0 Å². The number of carbonyl (C=O) groups is 1. The summed E-state index contributed by atoms with van der Waals surface area (Å²) in [5.74, 6) is 0.0845. The summed E-state index contributed by atoms with van der Waals surface area (Å²) in [6.07, 6.45) is 1.56. The zero-order valence-corrected chi connectivity index (χ0v) is 7.74. The molecule has 70 valence electrons. The Morgan fingerprint density at radius 1 is 1.62 bits per heavy atom. The molecule has 0 radical (unpaired) electrons. The van der Waals surface area contributed by atoms with E-state index in [-0.39, 0.29) is 17.8 Å². The molecule has 0 fully saturated rings. The van der Waals surface area contributed by atoms with Crippen molar-refractivity contribution < 1.29 is 4.79 Å². The predicted octanol–water partition coefficient (Wildman–Crippen LogP) is 0.802. The van der Waals surface area contributed by atoms with E-state index < -0.39 is 0 Å². The number of anilines is 1. The lowest BCUT2D eigenvalue weighted by molar-refractivity contribution is 0.0944. The number of nitrogens with one attached hydrogen (secondary N) is 1. The van der Waals surface area contributed by atoms with Crippen molar-refractivity contribution in [3.8, 4) is 0 Å². The van der Waals surface area contributed by atoms with E-state index in [2.05, 4.69) is 10.3 Å². The lowest BCUT2D eigenvalue weighted by Gasteiger charge is -2.08. The average molecular weight is 179 g/mol. The Hall–Kier alpha value is -1.58. The van der Waals surface area contributed by atoms with Gasteiger partial charge in [-0.05, 0) is 26.0 Å². The lowest BCUT2D eigenvalue weighted by atomic mass is 10.2. The van der Waals surface area contributed by atoms with Gasteiger partial charge >= 0.3 is 0 Å². The second-order valence-electron chi connectivity index (χ2n) is 3.06. The molecule has 0 aliphatic rings. The molecule has 1 rings (SSSR count). The molecule has 0 bridgehead atoms. The van der Waals surface area contributed by atoms with Crippen LogP contribution in [-0.2, 0) is 0 Å². The third-order valence-electron chi connectivity index (χ3n) is 1.50. The number of nitrogen functional groups attached to an aromatic ring is 1. The van der Waals surface area contributed by atoms with E-state index in [1.807, 2.05) is 13.8 Å². The topological polar surface area (TPSA) is 68.0 Å². The number of carbonyl (C=O) groups excluding carboxylic acids is 1. The van der Waals surface area contributed by atoms with Crippen molar-refractivity contribution in [3.63, 3.8) is 0 Å². The van der Waals surface area contributed by atoms with E-state index in [4.69, 9.17) is 5.73 Å². The summed E-state index contributed by atoms with van der Waals surface area (Å²) >= 11 is 0. The second kappa shape index (κ2) is 3.89. The van der Waals surface area contributed by atoms with E-state index in [1.165, 1.54) is 0 Å². The van der Waals surface area contributed by atoms with E-state index in [0.717, 1.165) is 0 Å². The Morgan fingerprint density at radius 2 is 2.31 bits per heavy atom. The number of amides is 1. The van der Waals surface area contributed by atoms with Crippen molar-refractivity contribution in [1.29, 1.82) is 0 Å². The molecule has 1 aromatic heterocycles. The average Bonchev–Trinajstić information content (AvgIpc) is 2.03. The molecule has 13 heavy (non-hydrogen) atoms. The van der Waals surface area contributed by atoms with E-state index in [0.29, 0.717) is 5.56 Å². The molecule has 0 aliphatic carbocycles. The molecule has 0 aliphatic heterocycles. The van der Waals surface area contributed by atoms with Crippen LogP contribution in [0, 0.1) is 0 Å². The first kappa shape index (κ1) is 9.51. The maximum atomic E-state index is 11.4. The first-order valence-electron chi connectivity index (χ1n) is 4.12. The van der Waals surface area contributed by atoms with Crippen LogP contribution in [0.25, 0.3) is 0 Å². The maximum Gasteiger partial charge on any atom is 0.255 e. The number of aromatic nitrogens is 1. The molecule has 0 unspecified atom stereocenters. The minimum atomic E-state index is -0.180. The van der Waals surface area contributed by atoms with Crippen LogP contribution in [0.5, 0.6) is 0 Å². The summed E-state index contributed by atoms with van der Waals surface area (Å²) in [4.78, 5) is 15.3. The van der Waals surface area contributed by atoms with E-state index >= 15 is 0 Å². The molecule has 0 atom stereocenters. The minimum Gasteiger partial charge on any atom is -0.383 e. The van der Waals surface area contributed by atoms with Crippen molar-refractivity contribution in [3.05, 3.63) is 23.9 Å². The minimum absolute atomic E-state index is 0.104. The zero-order chi connectivity index (χ0) is 9.84. The van der Waals surface area contributed by atoms with Gasteiger partial charge in [0.2, 0.25) is 0 Å². The van der Waals surface area contributed by atoms with Gasteiger partial charge in [0.15, 0.2) is 0 Å². The maximum absolute atomic E-state index is 11.4. The van der Waals surface area contributed by atoms with Crippen LogP contribution in [0.2, 0.25) is 0 Å². The van der Waals surface area contributed by atoms with Crippen molar-refractivity contribution in [2.24, 2.45) is 0 Å². The van der Waals surface area contributed by atoms with Gasteiger partial charge in [-0.2, -0.15) is 0 Å². The Balaban J connectivity index is 2.83. The predicted molar refractivity (Wildman–Crippen MR) is 51.3 cm³/mol. The van der Waals surface area contributed by atoms with Gasteiger partial charge in [-0.25, -0.2) is 4.98 Å². The Kier molecular flexibility index (Phi) is 2.84. The van der Waals surface area contributed by atoms with Crippen LogP contribution in [0.3, 0.4) is 0 Å². The van der Waals surface area contributed by atoms with Gasteiger partial charge < -0.3 is 11.1 Å². The number of pyridine rings is 1. The number of hydrogen-bond acceptors (Lipinski definition) is 3. The summed E-state index contributed by atoms with van der Waals surface area (Å²) in [5, 5.41) is 2.74. The Labute approximate surface area is 77.2 Å². The molecule has 1 amide bonds. The summed E-state index contributed by atoms with van der Waals surface area (Å²) < 4.78 is 0. The van der Waals surface area contributed by atoms with Gasteiger partial charge in [0.05, 0.1) is 5.56 Å². The lowest BCUT2D eigenvalue weighted by Crippen LogP contribution is -2.30. The quantitative estimate of drug-likeness (QED) is 0.705. The van der Waals surface area contributed by atoms with Gasteiger partial charge in [0.1, 0.15) is 5.82 Å². The van der Waals surface area contributed by atoms with Gasteiger partial charge in [0.25, 0.3) is 5.91 Å². The van der Waals surface area contributed by atoms with Crippen LogP contribution in [-0.4, -0.2) is 16.9 Å². The summed E-state index contributed by atoms with van der Waals surface area (Å²) in [7, 11) is 0. The summed E-state index contributed by atoms with van der Waals surface area (Å²) in [6.45, 7) is 3.79. The molecule has 3 N–H and O–H groups in total. The first-order chi connectivity index (χ1) is 6.11. The van der Waals surface area contributed by atoms with Gasteiger partial charge in [-0.3, -0.25) is 4.79 Å². The molecule has 0 saturated heterocycles. The molecule has 4 nitrogen and oxygen atoms in total.